The van der Waals surface area contributed by atoms with Crippen LogP contribution < -0.4 is 5.73 Å². The molecule has 0 aromatic heterocycles. The zero-order valence-corrected chi connectivity index (χ0v) is 11.0. The third kappa shape index (κ3) is 3.21. The summed E-state index contributed by atoms with van der Waals surface area (Å²) in [6, 6.07) is 3.75. The molecule has 0 saturated heterocycles. The summed E-state index contributed by atoms with van der Waals surface area (Å²) < 4.78 is 0.719. The summed E-state index contributed by atoms with van der Waals surface area (Å²) >= 11 is 3.33. The average molecular weight is 272 g/mol. The van der Waals surface area contributed by atoms with Crippen molar-refractivity contribution in [3.05, 3.63) is 27.7 Å². The largest absolute Gasteiger partial charge is 0.506 e. The van der Waals surface area contributed by atoms with Gasteiger partial charge in [0.2, 0.25) is 0 Å². The lowest BCUT2D eigenvalue weighted by atomic mass is 9.96. The number of rotatable bonds is 3. The van der Waals surface area contributed by atoms with Gasteiger partial charge in [-0.15, -0.1) is 0 Å². The lowest BCUT2D eigenvalue weighted by Crippen LogP contribution is -2.13. The van der Waals surface area contributed by atoms with Gasteiger partial charge in [0, 0.05) is 11.6 Å². The normalized spacial score (nSPS) is 13.2. The van der Waals surface area contributed by atoms with E-state index in [9.17, 15) is 5.11 Å². The fraction of sp³-hybridized carbons (Fsp3) is 0.500. The number of aromatic hydroxyl groups is 1. The van der Waals surface area contributed by atoms with E-state index >= 15 is 0 Å². The van der Waals surface area contributed by atoms with Crippen LogP contribution in [0.4, 0.5) is 0 Å². The number of aryl methyl sites for hydroxylation is 1. The number of halogens is 1. The molecular weight excluding hydrogens is 254 g/mol. The molecule has 0 heterocycles. The second-order valence-corrected chi connectivity index (χ2v) is 5.27. The smallest absolute Gasteiger partial charge is 0.134 e. The van der Waals surface area contributed by atoms with Crippen molar-refractivity contribution in [3.63, 3.8) is 0 Å². The van der Waals surface area contributed by atoms with Gasteiger partial charge in [-0.05, 0) is 46.8 Å². The minimum absolute atomic E-state index is 0.0961. The quantitative estimate of drug-likeness (QED) is 0.884. The van der Waals surface area contributed by atoms with Crippen LogP contribution in [0.1, 0.15) is 37.4 Å². The highest BCUT2D eigenvalue weighted by molar-refractivity contribution is 9.10. The molecule has 1 aromatic rings. The molecule has 0 aliphatic rings. The van der Waals surface area contributed by atoms with E-state index in [1.807, 2.05) is 19.1 Å². The Hall–Kier alpha value is -0.540. The molecule has 1 unspecified atom stereocenters. The van der Waals surface area contributed by atoms with Crippen LogP contribution in [0.25, 0.3) is 0 Å². The summed E-state index contributed by atoms with van der Waals surface area (Å²) in [6.45, 7) is 6.25. The number of phenols is 1. The van der Waals surface area contributed by atoms with Gasteiger partial charge in [0.05, 0.1) is 4.47 Å². The Morgan fingerprint density at radius 2 is 2.00 bits per heavy atom. The van der Waals surface area contributed by atoms with Crippen molar-refractivity contribution in [2.75, 3.05) is 0 Å². The topological polar surface area (TPSA) is 46.2 Å². The molecule has 0 radical (unpaired) electrons. The molecule has 1 rings (SSSR count). The number of benzene rings is 1. The molecule has 0 amide bonds. The second-order valence-electron chi connectivity index (χ2n) is 4.42. The molecule has 0 bridgehead atoms. The molecule has 0 saturated carbocycles. The van der Waals surface area contributed by atoms with E-state index in [2.05, 4.69) is 29.8 Å². The first-order chi connectivity index (χ1) is 6.91. The zero-order valence-electron chi connectivity index (χ0n) is 9.42. The molecule has 3 N–H and O–H groups in total. The highest BCUT2D eigenvalue weighted by Crippen LogP contribution is 2.34. The number of hydrogen-bond donors (Lipinski definition) is 2. The van der Waals surface area contributed by atoms with E-state index in [-0.39, 0.29) is 11.8 Å². The fourth-order valence-electron chi connectivity index (χ4n) is 1.68. The Labute approximate surface area is 99.6 Å². The number of nitrogens with two attached hydrogens (primary N) is 1. The van der Waals surface area contributed by atoms with Gasteiger partial charge < -0.3 is 10.8 Å². The minimum Gasteiger partial charge on any atom is -0.506 e. The Kier molecular flexibility index (Phi) is 4.17. The summed E-state index contributed by atoms with van der Waals surface area (Å²) in [6.07, 6.45) is 0.878. The van der Waals surface area contributed by atoms with Gasteiger partial charge in [-0.1, -0.05) is 19.9 Å². The van der Waals surface area contributed by atoms with Crippen molar-refractivity contribution in [2.24, 2.45) is 11.7 Å². The maximum atomic E-state index is 9.88. The van der Waals surface area contributed by atoms with Gasteiger partial charge in [0.25, 0.3) is 0 Å². The maximum Gasteiger partial charge on any atom is 0.134 e. The molecule has 2 nitrogen and oxygen atoms in total. The predicted octanol–water partition coefficient (Wildman–Crippen LogP) is 3.51. The summed E-state index contributed by atoms with van der Waals surface area (Å²) in [5, 5.41) is 9.88. The molecule has 0 aliphatic heterocycles. The first-order valence-electron chi connectivity index (χ1n) is 5.16. The fourth-order valence-corrected chi connectivity index (χ4v) is 2.27. The van der Waals surface area contributed by atoms with Crippen molar-refractivity contribution in [2.45, 2.75) is 33.2 Å². The Morgan fingerprint density at radius 1 is 1.40 bits per heavy atom. The summed E-state index contributed by atoms with van der Waals surface area (Å²) in [4.78, 5) is 0. The van der Waals surface area contributed by atoms with Crippen LogP contribution in [0.2, 0.25) is 0 Å². The van der Waals surface area contributed by atoms with Gasteiger partial charge >= 0.3 is 0 Å². The van der Waals surface area contributed by atoms with Crippen LogP contribution in [0.3, 0.4) is 0 Å². The molecule has 1 atom stereocenters. The lowest BCUT2D eigenvalue weighted by molar-refractivity contribution is 0.442. The second kappa shape index (κ2) is 4.99. The van der Waals surface area contributed by atoms with Gasteiger partial charge in [-0.2, -0.15) is 0 Å². The first kappa shape index (κ1) is 12.5. The van der Waals surface area contributed by atoms with Crippen molar-refractivity contribution < 1.29 is 5.11 Å². The van der Waals surface area contributed by atoms with Crippen molar-refractivity contribution in [1.29, 1.82) is 0 Å². The Morgan fingerprint density at radius 3 is 2.53 bits per heavy atom. The van der Waals surface area contributed by atoms with Crippen LogP contribution in [-0.2, 0) is 0 Å². The van der Waals surface area contributed by atoms with Gasteiger partial charge in [-0.25, -0.2) is 0 Å². The molecule has 15 heavy (non-hydrogen) atoms. The van der Waals surface area contributed by atoms with Gasteiger partial charge in [0.15, 0.2) is 0 Å². The standard InChI is InChI=1S/C12H18BrNO/c1-7(2)4-11(14)9-5-8(3)6-10(13)12(9)15/h5-7,11,15H,4,14H2,1-3H3. The summed E-state index contributed by atoms with van der Waals surface area (Å²) in [5.74, 6) is 0.799. The molecule has 84 valence electrons. The average Bonchev–Trinajstić information content (AvgIpc) is 2.09. The van der Waals surface area contributed by atoms with E-state index in [1.54, 1.807) is 0 Å². The summed E-state index contributed by atoms with van der Waals surface area (Å²) in [5.41, 5.74) is 7.99. The first-order valence-corrected chi connectivity index (χ1v) is 5.95. The summed E-state index contributed by atoms with van der Waals surface area (Å²) in [7, 11) is 0. The minimum atomic E-state index is -0.0961. The van der Waals surface area contributed by atoms with Crippen molar-refractivity contribution in [1.82, 2.24) is 0 Å². The molecular formula is C12H18BrNO. The predicted molar refractivity (Wildman–Crippen MR) is 66.9 cm³/mol. The number of hydrogen-bond acceptors (Lipinski definition) is 2. The highest BCUT2D eigenvalue weighted by Gasteiger charge is 2.15. The van der Waals surface area contributed by atoms with Crippen LogP contribution in [0, 0.1) is 12.8 Å². The van der Waals surface area contributed by atoms with E-state index in [4.69, 9.17) is 5.73 Å². The third-order valence-corrected chi connectivity index (χ3v) is 2.97. The zero-order chi connectivity index (χ0) is 11.6. The Balaban J connectivity index is 3.02. The van der Waals surface area contributed by atoms with Gasteiger partial charge in [0.1, 0.15) is 5.75 Å². The van der Waals surface area contributed by atoms with Crippen molar-refractivity contribution >= 4 is 15.9 Å². The van der Waals surface area contributed by atoms with Crippen LogP contribution >= 0.6 is 15.9 Å². The molecule has 1 aromatic carbocycles. The SMILES string of the molecule is Cc1cc(Br)c(O)c(C(N)CC(C)C)c1. The monoisotopic (exact) mass is 271 g/mol. The maximum absolute atomic E-state index is 9.88. The molecule has 0 spiro atoms. The van der Waals surface area contributed by atoms with Crippen LogP contribution in [-0.4, -0.2) is 5.11 Å². The van der Waals surface area contributed by atoms with Crippen LogP contribution in [0.15, 0.2) is 16.6 Å². The lowest BCUT2D eigenvalue weighted by Gasteiger charge is -2.17. The van der Waals surface area contributed by atoms with E-state index in [0.29, 0.717) is 5.92 Å². The number of phenolic OH excluding ortho intramolecular Hbond substituents is 1. The van der Waals surface area contributed by atoms with Crippen LogP contribution in [0.5, 0.6) is 5.75 Å². The third-order valence-electron chi connectivity index (χ3n) is 2.36. The van der Waals surface area contributed by atoms with Gasteiger partial charge in [-0.3, -0.25) is 0 Å². The van der Waals surface area contributed by atoms with Crippen molar-refractivity contribution in [3.8, 4) is 5.75 Å². The Bertz CT molecular complexity index is 350. The molecule has 0 fully saturated rings. The highest BCUT2D eigenvalue weighted by atomic mass is 79.9. The van der Waals surface area contributed by atoms with E-state index < -0.39 is 0 Å². The molecule has 0 aliphatic carbocycles. The molecule has 3 heteroatoms. The van der Waals surface area contributed by atoms with E-state index in [1.165, 1.54) is 0 Å². The van der Waals surface area contributed by atoms with E-state index in [0.717, 1.165) is 22.0 Å².